The fourth-order valence-corrected chi connectivity index (χ4v) is 3.50. The number of aryl methyl sites for hydroxylation is 1. The molecule has 0 saturated heterocycles. The van der Waals surface area contributed by atoms with E-state index < -0.39 is 0 Å². The Labute approximate surface area is 130 Å². The topological polar surface area (TPSA) is 21.3 Å². The van der Waals surface area contributed by atoms with Crippen LogP contribution in [0.3, 0.4) is 0 Å². The molecule has 0 aromatic heterocycles. The minimum atomic E-state index is 0.768. The Bertz CT molecular complexity index is 381. The first-order chi connectivity index (χ1) is 10.3. The molecular weight excluding hydrogens is 258 g/mol. The molecule has 118 valence electrons. The molecule has 1 fully saturated rings. The van der Waals surface area contributed by atoms with Crippen molar-refractivity contribution in [2.45, 2.75) is 45.4 Å². The zero-order valence-corrected chi connectivity index (χ0v) is 13.7. The van der Waals surface area contributed by atoms with Crippen LogP contribution in [0.15, 0.2) is 24.3 Å². The van der Waals surface area contributed by atoms with Gasteiger partial charge in [-0.1, -0.05) is 61.9 Å². The molecule has 1 aliphatic carbocycles. The van der Waals surface area contributed by atoms with E-state index in [4.69, 9.17) is 4.74 Å². The zero-order chi connectivity index (χ0) is 14.9. The number of hydrogen-bond donors (Lipinski definition) is 1. The first kappa shape index (κ1) is 16.5. The van der Waals surface area contributed by atoms with Crippen LogP contribution in [0.1, 0.15) is 43.2 Å². The van der Waals surface area contributed by atoms with E-state index in [9.17, 15) is 0 Å². The standard InChI is InChI=1S/C19H31NO/c1-16-8-10-17(11-9-16)14-19(15-20-12-13-21-2)18-6-4-3-5-7-18/h8-11,18-20H,3-7,12-15H2,1-2H3. The molecule has 2 heteroatoms. The molecule has 2 rings (SSSR count). The summed E-state index contributed by atoms with van der Waals surface area (Å²) in [5.41, 5.74) is 2.84. The first-order valence-electron chi connectivity index (χ1n) is 8.55. The van der Waals surface area contributed by atoms with E-state index in [1.165, 1.54) is 49.7 Å². The van der Waals surface area contributed by atoms with E-state index in [1.54, 1.807) is 7.11 Å². The number of benzene rings is 1. The molecule has 1 unspecified atom stereocenters. The smallest absolute Gasteiger partial charge is 0.0587 e. The lowest BCUT2D eigenvalue weighted by Gasteiger charge is -2.31. The van der Waals surface area contributed by atoms with Crippen LogP contribution in [0.5, 0.6) is 0 Å². The third-order valence-corrected chi connectivity index (χ3v) is 4.82. The van der Waals surface area contributed by atoms with Gasteiger partial charge in [-0.05, 0) is 37.3 Å². The Morgan fingerprint density at radius 2 is 1.86 bits per heavy atom. The predicted molar refractivity (Wildman–Crippen MR) is 89.7 cm³/mol. The monoisotopic (exact) mass is 289 g/mol. The van der Waals surface area contributed by atoms with Crippen LogP contribution in [-0.4, -0.2) is 26.8 Å². The summed E-state index contributed by atoms with van der Waals surface area (Å²) in [6.07, 6.45) is 8.33. The molecule has 1 atom stereocenters. The van der Waals surface area contributed by atoms with Crippen LogP contribution in [0.2, 0.25) is 0 Å². The minimum Gasteiger partial charge on any atom is -0.383 e. The van der Waals surface area contributed by atoms with E-state index in [0.29, 0.717) is 0 Å². The van der Waals surface area contributed by atoms with Gasteiger partial charge in [0.05, 0.1) is 6.61 Å². The number of ether oxygens (including phenoxy) is 1. The second-order valence-electron chi connectivity index (χ2n) is 6.54. The molecule has 0 aliphatic heterocycles. The first-order valence-corrected chi connectivity index (χ1v) is 8.55. The Morgan fingerprint density at radius 3 is 2.52 bits per heavy atom. The van der Waals surface area contributed by atoms with Crippen molar-refractivity contribution in [2.24, 2.45) is 11.8 Å². The maximum atomic E-state index is 5.14. The third-order valence-electron chi connectivity index (χ3n) is 4.82. The highest BCUT2D eigenvalue weighted by Crippen LogP contribution is 2.31. The maximum absolute atomic E-state index is 5.14. The molecule has 0 radical (unpaired) electrons. The van der Waals surface area contributed by atoms with Gasteiger partial charge in [-0.2, -0.15) is 0 Å². The highest BCUT2D eigenvalue weighted by molar-refractivity contribution is 5.21. The molecule has 1 aromatic rings. The van der Waals surface area contributed by atoms with Crippen molar-refractivity contribution in [3.05, 3.63) is 35.4 Å². The second-order valence-corrected chi connectivity index (χ2v) is 6.54. The second kappa shape index (κ2) is 9.22. The predicted octanol–water partition coefficient (Wildman–Crippen LogP) is 3.97. The highest BCUT2D eigenvalue weighted by Gasteiger charge is 2.23. The molecule has 0 amide bonds. The van der Waals surface area contributed by atoms with Gasteiger partial charge in [-0.15, -0.1) is 0 Å². The Hall–Kier alpha value is -0.860. The van der Waals surface area contributed by atoms with Gasteiger partial charge in [0.15, 0.2) is 0 Å². The van der Waals surface area contributed by atoms with E-state index in [2.05, 4.69) is 36.5 Å². The average Bonchev–Trinajstić information content (AvgIpc) is 2.53. The summed E-state index contributed by atoms with van der Waals surface area (Å²) in [4.78, 5) is 0. The third kappa shape index (κ3) is 5.80. The van der Waals surface area contributed by atoms with E-state index >= 15 is 0 Å². The van der Waals surface area contributed by atoms with Crippen molar-refractivity contribution in [2.75, 3.05) is 26.8 Å². The maximum Gasteiger partial charge on any atom is 0.0587 e. The number of hydrogen-bond acceptors (Lipinski definition) is 2. The number of methoxy groups -OCH3 is 1. The lowest BCUT2D eigenvalue weighted by Crippen LogP contribution is -2.32. The van der Waals surface area contributed by atoms with Crippen molar-refractivity contribution in [3.63, 3.8) is 0 Å². The summed E-state index contributed by atoms with van der Waals surface area (Å²) in [5.74, 6) is 1.67. The van der Waals surface area contributed by atoms with Crippen molar-refractivity contribution < 1.29 is 4.74 Å². The molecule has 21 heavy (non-hydrogen) atoms. The lowest BCUT2D eigenvalue weighted by molar-refractivity contribution is 0.190. The Balaban J connectivity index is 1.91. The van der Waals surface area contributed by atoms with Gasteiger partial charge < -0.3 is 10.1 Å². The number of rotatable bonds is 8. The lowest BCUT2D eigenvalue weighted by atomic mass is 9.77. The normalized spacial score (nSPS) is 17.8. The summed E-state index contributed by atoms with van der Waals surface area (Å²) in [7, 11) is 1.77. The fourth-order valence-electron chi connectivity index (χ4n) is 3.50. The van der Waals surface area contributed by atoms with Gasteiger partial charge in [0.1, 0.15) is 0 Å². The van der Waals surface area contributed by atoms with Crippen molar-refractivity contribution in [1.82, 2.24) is 5.32 Å². The molecule has 1 aromatic carbocycles. The van der Waals surface area contributed by atoms with Crippen LogP contribution >= 0.6 is 0 Å². The zero-order valence-electron chi connectivity index (χ0n) is 13.7. The SMILES string of the molecule is COCCNCC(Cc1ccc(C)cc1)C1CCCCC1. The minimum absolute atomic E-state index is 0.768. The molecular formula is C19H31NO. The molecule has 0 heterocycles. The van der Waals surface area contributed by atoms with Gasteiger partial charge in [0.2, 0.25) is 0 Å². The van der Waals surface area contributed by atoms with Gasteiger partial charge in [-0.3, -0.25) is 0 Å². The van der Waals surface area contributed by atoms with Crippen LogP contribution < -0.4 is 5.32 Å². The Morgan fingerprint density at radius 1 is 1.14 bits per heavy atom. The Kier molecular flexibility index (Phi) is 7.25. The van der Waals surface area contributed by atoms with Gasteiger partial charge in [0, 0.05) is 13.7 Å². The van der Waals surface area contributed by atoms with E-state index in [-0.39, 0.29) is 0 Å². The van der Waals surface area contributed by atoms with Crippen molar-refractivity contribution in [1.29, 1.82) is 0 Å². The van der Waals surface area contributed by atoms with Crippen LogP contribution in [0.4, 0.5) is 0 Å². The van der Waals surface area contributed by atoms with Crippen LogP contribution in [0.25, 0.3) is 0 Å². The van der Waals surface area contributed by atoms with E-state index in [1.807, 2.05) is 0 Å². The van der Waals surface area contributed by atoms with E-state index in [0.717, 1.165) is 31.5 Å². The molecule has 1 N–H and O–H groups in total. The molecule has 1 saturated carbocycles. The molecule has 1 aliphatic rings. The molecule has 0 bridgehead atoms. The largest absolute Gasteiger partial charge is 0.383 e. The van der Waals surface area contributed by atoms with Crippen LogP contribution in [0, 0.1) is 18.8 Å². The summed E-state index contributed by atoms with van der Waals surface area (Å²) >= 11 is 0. The number of nitrogens with one attached hydrogen (secondary N) is 1. The fraction of sp³-hybridized carbons (Fsp3) is 0.684. The summed E-state index contributed by atoms with van der Waals surface area (Å²) in [6, 6.07) is 9.10. The average molecular weight is 289 g/mol. The van der Waals surface area contributed by atoms with Gasteiger partial charge in [0.25, 0.3) is 0 Å². The highest BCUT2D eigenvalue weighted by atomic mass is 16.5. The van der Waals surface area contributed by atoms with Crippen LogP contribution in [-0.2, 0) is 11.2 Å². The van der Waals surface area contributed by atoms with Crippen molar-refractivity contribution in [3.8, 4) is 0 Å². The van der Waals surface area contributed by atoms with Crippen molar-refractivity contribution >= 4 is 0 Å². The summed E-state index contributed by atoms with van der Waals surface area (Å²) in [5, 5.41) is 3.59. The van der Waals surface area contributed by atoms with Gasteiger partial charge in [-0.25, -0.2) is 0 Å². The van der Waals surface area contributed by atoms with Gasteiger partial charge >= 0.3 is 0 Å². The molecule has 2 nitrogen and oxygen atoms in total. The quantitative estimate of drug-likeness (QED) is 0.731. The summed E-state index contributed by atoms with van der Waals surface area (Å²) in [6.45, 7) is 5.06. The summed E-state index contributed by atoms with van der Waals surface area (Å²) < 4.78 is 5.14. The molecule has 0 spiro atoms.